The van der Waals surface area contributed by atoms with Crippen LogP contribution in [0.2, 0.25) is 0 Å². The molecular formula is C73H126O6. The average molecular weight is 1100 g/mol. The molecule has 0 spiro atoms. The van der Waals surface area contributed by atoms with E-state index in [-0.39, 0.29) is 31.1 Å². The first kappa shape index (κ1) is 75.3. The Kier molecular flexibility index (Phi) is 63.7. The number of ether oxygens (including phenoxy) is 3. The van der Waals surface area contributed by atoms with Crippen LogP contribution in [-0.2, 0) is 28.6 Å². The Bertz CT molecular complexity index is 1540. The summed E-state index contributed by atoms with van der Waals surface area (Å²) in [7, 11) is 0. The van der Waals surface area contributed by atoms with Gasteiger partial charge in [0.15, 0.2) is 6.10 Å². The third kappa shape index (κ3) is 65.0. The number of rotatable bonds is 61. The van der Waals surface area contributed by atoms with Gasteiger partial charge in [0.25, 0.3) is 0 Å². The summed E-state index contributed by atoms with van der Waals surface area (Å²) in [6, 6.07) is 0. The van der Waals surface area contributed by atoms with Gasteiger partial charge >= 0.3 is 17.9 Å². The Morgan fingerprint density at radius 3 is 0.823 bits per heavy atom. The van der Waals surface area contributed by atoms with Crippen LogP contribution < -0.4 is 0 Å². The molecule has 0 heterocycles. The number of carbonyl (C=O) groups excluding carboxylic acids is 3. The summed E-state index contributed by atoms with van der Waals surface area (Å²) in [4.78, 5) is 38.4. The Hall–Kier alpha value is -3.67. The topological polar surface area (TPSA) is 78.9 Å². The van der Waals surface area contributed by atoms with E-state index in [1.54, 1.807) is 0 Å². The Morgan fingerprint density at radius 1 is 0.266 bits per heavy atom. The fraction of sp³-hybridized carbons (Fsp3) is 0.740. The first-order chi connectivity index (χ1) is 39.0. The third-order valence-electron chi connectivity index (χ3n) is 14.5. The fourth-order valence-electron chi connectivity index (χ4n) is 9.50. The van der Waals surface area contributed by atoms with E-state index in [0.717, 1.165) is 122 Å². The second kappa shape index (κ2) is 66.8. The molecule has 0 amide bonds. The summed E-state index contributed by atoms with van der Waals surface area (Å²) < 4.78 is 16.9. The zero-order valence-electron chi connectivity index (χ0n) is 52.1. The van der Waals surface area contributed by atoms with Crippen LogP contribution in [0.1, 0.15) is 329 Å². The normalized spacial score (nSPS) is 12.7. The number of hydrogen-bond donors (Lipinski definition) is 0. The molecule has 0 aromatic rings. The molecular weight excluding hydrogens is 973 g/mol. The van der Waals surface area contributed by atoms with E-state index in [2.05, 4.69) is 118 Å². The number of unbranched alkanes of at least 4 members (excludes halogenated alkanes) is 34. The lowest BCUT2D eigenvalue weighted by Crippen LogP contribution is -2.30. The number of hydrogen-bond acceptors (Lipinski definition) is 6. The summed E-state index contributed by atoms with van der Waals surface area (Å²) in [6.45, 7) is 6.47. The molecule has 0 aromatic heterocycles. The Labute approximate surface area is 489 Å². The van der Waals surface area contributed by atoms with Gasteiger partial charge in [0, 0.05) is 19.3 Å². The molecule has 6 heteroatoms. The highest BCUT2D eigenvalue weighted by Crippen LogP contribution is 2.17. The molecule has 0 aliphatic heterocycles. The van der Waals surface area contributed by atoms with Crippen LogP contribution in [0.25, 0.3) is 0 Å². The molecule has 0 saturated carbocycles. The van der Waals surface area contributed by atoms with Crippen LogP contribution in [0.5, 0.6) is 0 Å². The highest BCUT2D eigenvalue weighted by Gasteiger charge is 2.19. The van der Waals surface area contributed by atoms with Crippen LogP contribution in [0.3, 0.4) is 0 Å². The molecule has 1 unspecified atom stereocenters. The van der Waals surface area contributed by atoms with Crippen LogP contribution >= 0.6 is 0 Å². The lowest BCUT2D eigenvalue weighted by Gasteiger charge is -2.18. The number of carbonyl (C=O) groups is 3. The molecule has 0 bridgehead atoms. The molecule has 0 fully saturated rings. The van der Waals surface area contributed by atoms with Gasteiger partial charge in [-0.15, -0.1) is 0 Å². The van der Waals surface area contributed by atoms with Crippen molar-refractivity contribution in [3.63, 3.8) is 0 Å². The first-order valence-electron chi connectivity index (χ1n) is 33.7. The second-order valence-corrected chi connectivity index (χ2v) is 22.3. The molecule has 0 aliphatic rings. The van der Waals surface area contributed by atoms with E-state index in [1.807, 2.05) is 0 Å². The smallest absolute Gasteiger partial charge is 0.306 e. The standard InChI is InChI=1S/C73H126O6/c1-4-7-10-13-16-19-22-25-27-29-31-33-35-36-38-39-41-43-45-48-51-54-57-60-63-66-72(75)78-69-70(68-77-71(74)65-62-59-56-53-50-47-24-21-18-15-12-9-6-3)79-73(76)67-64-61-58-55-52-49-46-44-42-40-37-34-32-30-28-26-23-20-17-14-11-8-5-2/h8,11-12,15,17,20-22,24-26,28-29,31-32,34,70H,4-7,9-10,13-14,16,18-19,23,27,30,33,35-69H2,1-3H3/b11-8-,15-12-,20-17-,24-21-,25-22-,28-26-,31-29-,34-32-. The maximum absolute atomic E-state index is 12.9. The van der Waals surface area contributed by atoms with E-state index in [1.165, 1.54) is 167 Å². The first-order valence-corrected chi connectivity index (χ1v) is 33.7. The summed E-state index contributed by atoms with van der Waals surface area (Å²) in [6.07, 6.45) is 89.9. The second-order valence-electron chi connectivity index (χ2n) is 22.3. The Morgan fingerprint density at radius 2 is 0.519 bits per heavy atom. The maximum atomic E-state index is 12.9. The minimum atomic E-state index is -0.788. The van der Waals surface area contributed by atoms with Gasteiger partial charge in [-0.3, -0.25) is 14.4 Å². The number of esters is 3. The van der Waals surface area contributed by atoms with Crippen LogP contribution in [0.15, 0.2) is 97.2 Å². The van der Waals surface area contributed by atoms with Crippen LogP contribution in [0.4, 0.5) is 0 Å². The third-order valence-corrected chi connectivity index (χ3v) is 14.5. The van der Waals surface area contributed by atoms with Crippen molar-refractivity contribution < 1.29 is 28.6 Å². The van der Waals surface area contributed by atoms with Gasteiger partial charge in [-0.2, -0.15) is 0 Å². The molecule has 454 valence electrons. The summed E-state index contributed by atoms with van der Waals surface area (Å²) >= 11 is 0. The quantitative estimate of drug-likeness (QED) is 0.0261. The number of allylic oxidation sites excluding steroid dienone is 16. The predicted octanol–water partition coefficient (Wildman–Crippen LogP) is 23.2. The van der Waals surface area contributed by atoms with E-state index in [4.69, 9.17) is 14.2 Å². The van der Waals surface area contributed by atoms with E-state index >= 15 is 0 Å². The minimum Gasteiger partial charge on any atom is -0.462 e. The SMILES string of the molecule is CC/C=C\C/C=C\C/C=C\C/C=C\CCCCCCCCCCCCC(=O)OC(COC(=O)CCCCCCC/C=C\C/C=C\CCC)COC(=O)CCCCCCCCCCCCCCC/C=C\C/C=C\CCCCCCC. The average Bonchev–Trinajstić information content (AvgIpc) is 3.45. The molecule has 0 rings (SSSR count). The molecule has 0 aromatic carbocycles. The van der Waals surface area contributed by atoms with Crippen molar-refractivity contribution in [2.75, 3.05) is 13.2 Å². The highest BCUT2D eigenvalue weighted by molar-refractivity contribution is 5.71. The van der Waals surface area contributed by atoms with Gasteiger partial charge in [0.2, 0.25) is 0 Å². The minimum absolute atomic E-state index is 0.0828. The monoisotopic (exact) mass is 1100 g/mol. The summed E-state index contributed by atoms with van der Waals surface area (Å²) in [5, 5.41) is 0. The van der Waals surface area contributed by atoms with Crippen LogP contribution in [0, 0.1) is 0 Å². The zero-order valence-corrected chi connectivity index (χ0v) is 52.1. The fourth-order valence-corrected chi connectivity index (χ4v) is 9.50. The van der Waals surface area contributed by atoms with Gasteiger partial charge in [-0.25, -0.2) is 0 Å². The molecule has 79 heavy (non-hydrogen) atoms. The van der Waals surface area contributed by atoms with Gasteiger partial charge in [-0.05, 0) is 116 Å². The van der Waals surface area contributed by atoms with Crippen molar-refractivity contribution in [1.82, 2.24) is 0 Å². The summed E-state index contributed by atoms with van der Waals surface area (Å²) in [5.41, 5.74) is 0. The van der Waals surface area contributed by atoms with E-state index in [9.17, 15) is 14.4 Å². The maximum Gasteiger partial charge on any atom is 0.306 e. The molecule has 0 aliphatic carbocycles. The lowest BCUT2D eigenvalue weighted by molar-refractivity contribution is -0.167. The lowest BCUT2D eigenvalue weighted by atomic mass is 10.0. The Balaban J connectivity index is 4.30. The van der Waals surface area contributed by atoms with Crippen molar-refractivity contribution in [2.45, 2.75) is 335 Å². The molecule has 0 N–H and O–H groups in total. The molecule has 6 nitrogen and oxygen atoms in total. The van der Waals surface area contributed by atoms with Crippen molar-refractivity contribution in [1.29, 1.82) is 0 Å². The van der Waals surface area contributed by atoms with Crippen molar-refractivity contribution in [3.05, 3.63) is 97.2 Å². The zero-order chi connectivity index (χ0) is 57.1. The largest absolute Gasteiger partial charge is 0.462 e. The van der Waals surface area contributed by atoms with Gasteiger partial charge in [-0.1, -0.05) is 291 Å². The molecule has 1 atom stereocenters. The van der Waals surface area contributed by atoms with E-state index in [0.29, 0.717) is 19.3 Å². The molecule has 0 saturated heterocycles. The van der Waals surface area contributed by atoms with Crippen molar-refractivity contribution in [3.8, 4) is 0 Å². The molecule has 0 radical (unpaired) electrons. The van der Waals surface area contributed by atoms with Gasteiger partial charge in [0.1, 0.15) is 13.2 Å². The van der Waals surface area contributed by atoms with Crippen molar-refractivity contribution >= 4 is 17.9 Å². The van der Waals surface area contributed by atoms with E-state index < -0.39 is 6.10 Å². The van der Waals surface area contributed by atoms with Crippen molar-refractivity contribution in [2.24, 2.45) is 0 Å². The predicted molar refractivity (Wildman–Crippen MR) is 344 cm³/mol. The summed E-state index contributed by atoms with van der Waals surface area (Å²) in [5.74, 6) is -0.890. The van der Waals surface area contributed by atoms with Gasteiger partial charge < -0.3 is 14.2 Å². The van der Waals surface area contributed by atoms with Gasteiger partial charge in [0.05, 0.1) is 0 Å². The van der Waals surface area contributed by atoms with Crippen LogP contribution in [-0.4, -0.2) is 37.2 Å². The highest BCUT2D eigenvalue weighted by atomic mass is 16.6.